The Morgan fingerprint density at radius 2 is 1.53 bits per heavy atom. The fourth-order valence-electron chi connectivity index (χ4n) is 0.781. The Balaban J connectivity index is 4.68. The van der Waals surface area contributed by atoms with Gasteiger partial charge in [-0.05, 0) is 0 Å². The van der Waals surface area contributed by atoms with Gasteiger partial charge in [-0.15, -0.1) is 0 Å². The Bertz CT molecular complexity index is 260. The van der Waals surface area contributed by atoms with Crippen molar-refractivity contribution in [3.8, 4) is 0 Å². The third kappa shape index (κ3) is 3.94. The van der Waals surface area contributed by atoms with Crippen molar-refractivity contribution in [3.05, 3.63) is 0 Å². The molecule has 0 saturated heterocycles. The molecule has 0 aromatic rings. The molecule has 2 unspecified atom stereocenters. The minimum absolute atomic E-state index is 0.826. The molecule has 7 heteroatoms. The van der Waals surface area contributed by atoms with Gasteiger partial charge in [-0.2, -0.15) is 0 Å². The van der Waals surface area contributed by atoms with Gasteiger partial charge in [0.25, 0.3) is 0 Å². The van der Waals surface area contributed by atoms with Crippen LogP contribution in [0.3, 0.4) is 0 Å². The van der Waals surface area contributed by atoms with E-state index in [0.29, 0.717) is 0 Å². The van der Waals surface area contributed by atoms with Gasteiger partial charge in [0.15, 0.2) is 6.10 Å². The van der Waals surface area contributed by atoms with E-state index >= 15 is 0 Å². The van der Waals surface area contributed by atoms with E-state index in [1.54, 1.807) is 0 Å². The summed E-state index contributed by atoms with van der Waals surface area (Å²) in [6.45, 7) is 1.03. The lowest BCUT2D eigenvalue weighted by atomic mass is 10.2. The van der Waals surface area contributed by atoms with E-state index < -0.39 is 30.1 Å². The summed E-state index contributed by atoms with van der Waals surface area (Å²) in [5, 5.41) is 9.28. The first-order valence-electron chi connectivity index (χ1n) is 3.95. The molecule has 0 aromatic heterocycles. The second kappa shape index (κ2) is 5.97. The van der Waals surface area contributed by atoms with Crippen LogP contribution in [0.5, 0.6) is 0 Å². The van der Waals surface area contributed by atoms with Gasteiger partial charge < -0.3 is 19.3 Å². The number of aliphatic hydroxyl groups is 1. The van der Waals surface area contributed by atoms with E-state index in [1.807, 2.05) is 0 Å². The topological polar surface area (TPSA) is 99.1 Å². The SMILES string of the molecule is COC(=O)C(O)C(OC(C)=O)C(=O)OC. The van der Waals surface area contributed by atoms with Crippen LogP contribution in [-0.4, -0.2) is 49.4 Å². The molecule has 0 rings (SSSR count). The highest BCUT2D eigenvalue weighted by Gasteiger charge is 2.36. The number of carbonyl (C=O) groups excluding carboxylic acids is 3. The van der Waals surface area contributed by atoms with Gasteiger partial charge in [0.1, 0.15) is 0 Å². The van der Waals surface area contributed by atoms with Crippen LogP contribution < -0.4 is 0 Å². The molecule has 0 aromatic carbocycles. The first kappa shape index (κ1) is 13.4. The van der Waals surface area contributed by atoms with Crippen LogP contribution in [-0.2, 0) is 28.6 Å². The lowest BCUT2D eigenvalue weighted by Gasteiger charge is -2.18. The number of methoxy groups -OCH3 is 2. The summed E-state index contributed by atoms with van der Waals surface area (Å²) in [6, 6.07) is 0. The molecule has 0 bridgehead atoms. The minimum atomic E-state index is -1.90. The van der Waals surface area contributed by atoms with E-state index in [2.05, 4.69) is 14.2 Å². The molecule has 2 atom stereocenters. The van der Waals surface area contributed by atoms with Crippen LogP contribution in [0.2, 0.25) is 0 Å². The number of ether oxygens (including phenoxy) is 3. The molecule has 0 fully saturated rings. The first-order chi connectivity index (χ1) is 6.93. The fraction of sp³-hybridized carbons (Fsp3) is 0.625. The number of hydrogen-bond acceptors (Lipinski definition) is 7. The van der Waals surface area contributed by atoms with E-state index in [-0.39, 0.29) is 0 Å². The lowest BCUT2D eigenvalue weighted by molar-refractivity contribution is -0.180. The molecule has 0 aliphatic rings. The quantitative estimate of drug-likeness (QED) is 0.460. The number of hydrogen-bond donors (Lipinski definition) is 1. The number of rotatable bonds is 4. The van der Waals surface area contributed by atoms with E-state index in [4.69, 9.17) is 0 Å². The molecule has 0 aliphatic carbocycles. The average molecular weight is 220 g/mol. The maximum Gasteiger partial charge on any atom is 0.350 e. The van der Waals surface area contributed by atoms with Crippen LogP contribution >= 0.6 is 0 Å². The molecule has 0 saturated carbocycles. The van der Waals surface area contributed by atoms with Gasteiger partial charge in [0.2, 0.25) is 6.10 Å². The van der Waals surface area contributed by atoms with Gasteiger partial charge >= 0.3 is 17.9 Å². The lowest BCUT2D eigenvalue weighted by Crippen LogP contribution is -2.43. The molecular weight excluding hydrogens is 208 g/mol. The van der Waals surface area contributed by atoms with Gasteiger partial charge in [-0.25, -0.2) is 9.59 Å². The Morgan fingerprint density at radius 3 is 1.87 bits per heavy atom. The predicted molar refractivity (Wildman–Crippen MR) is 45.6 cm³/mol. The predicted octanol–water partition coefficient (Wildman–Crippen LogP) is -1.37. The van der Waals surface area contributed by atoms with Crippen molar-refractivity contribution >= 4 is 17.9 Å². The number of esters is 3. The van der Waals surface area contributed by atoms with E-state index in [9.17, 15) is 19.5 Å². The zero-order valence-electron chi connectivity index (χ0n) is 8.55. The molecule has 86 valence electrons. The van der Waals surface area contributed by atoms with Crippen LogP contribution in [0, 0.1) is 0 Å². The third-order valence-corrected chi connectivity index (χ3v) is 1.46. The van der Waals surface area contributed by atoms with Crippen molar-refractivity contribution in [2.75, 3.05) is 14.2 Å². The van der Waals surface area contributed by atoms with Gasteiger partial charge in [0, 0.05) is 6.92 Å². The van der Waals surface area contributed by atoms with Crippen molar-refractivity contribution in [1.29, 1.82) is 0 Å². The normalized spacial score (nSPS) is 13.6. The maximum absolute atomic E-state index is 11.0. The zero-order chi connectivity index (χ0) is 12.0. The maximum atomic E-state index is 11.0. The largest absolute Gasteiger partial charge is 0.467 e. The average Bonchev–Trinajstić information content (AvgIpc) is 2.22. The highest BCUT2D eigenvalue weighted by Crippen LogP contribution is 2.04. The van der Waals surface area contributed by atoms with Gasteiger partial charge in [-0.1, -0.05) is 0 Å². The van der Waals surface area contributed by atoms with Gasteiger partial charge in [-0.3, -0.25) is 4.79 Å². The number of aliphatic hydroxyl groups excluding tert-OH is 1. The Kier molecular flexibility index (Phi) is 5.32. The van der Waals surface area contributed by atoms with Gasteiger partial charge in [0.05, 0.1) is 14.2 Å². The van der Waals surface area contributed by atoms with E-state index in [1.165, 1.54) is 0 Å². The summed E-state index contributed by atoms with van der Waals surface area (Å²) in [7, 11) is 2.05. The summed E-state index contributed by atoms with van der Waals surface area (Å²) in [5.41, 5.74) is 0. The molecule has 0 radical (unpaired) electrons. The Labute approximate surface area is 85.9 Å². The molecule has 1 N–H and O–H groups in total. The molecule has 7 nitrogen and oxygen atoms in total. The minimum Gasteiger partial charge on any atom is -0.467 e. The zero-order valence-corrected chi connectivity index (χ0v) is 8.55. The van der Waals surface area contributed by atoms with Crippen LogP contribution in [0.1, 0.15) is 6.92 Å². The van der Waals surface area contributed by atoms with Crippen LogP contribution in [0.25, 0.3) is 0 Å². The summed E-state index contributed by atoms with van der Waals surface area (Å²) in [5.74, 6) is -2.96. The highest BCUT2D eigenvalue weighted by atomic mass is 16.6. The molecule has 0 heterocycles. The fourth-order valence-corrected chi connectivity index (χ4v) is 0.781. The molecule has 0 amide bonds. The van der Waals surface area contributed by atoms with Crippen molar-refractivity contribution in [2.24, 2.45) is 0 Å². The van der Waals surface area contributed by atoms with E-state index in [0.717, 1.165) is 21.1 Å². The van der Waals surface area contributed by atoms with Crippen LogP contribution in [0.15, 0.2) is 0 Å². The second-order valence-electron chi connectivity index (χ2n) is 2.52. The first-order valence-corrected chi connectivity index (χ1v) is 3.95. The highest BCUT2D eigenvalue weighted by molar-refractivity contribution is 5.87. The summed E-state index contributed by atoms with van der Waals surface area (Å²) >= 11 is 0. The summed E-state index contributed by atoms with van der Waals surface area (Å²) in [4.78, 5) is 32.5. The molecular formula is C8H12O7. The van der Waals surface area contributed by atoms with Crippen molar-refractivity contribution < 1.29 is 33.7 Å². The number of carbonyl (C=O) groups is 3. The molecule has 15 heavy (non-hydrogen) atoms. The monoisotopic (exact) mass is 220 g/mol. The third-order valence-electron chi connectivity index (χ3n) is 1.46. The van der Waals surface area contributed by atoms with Crippen LogP contribution in [0.4, 0.5) is 0 Å². The Morgan fingerprint density at radius 1 is 1.07 bits per heavy atom. The second-order valence-corrected chi connectivity index (χ2v) is 2.52. The van der Waals surface area contributed by atoms with Crippen molar-refractivity contribution in [1.82, 2.24) is 0 Å². The molecule has 0 spiro atoms. The summed E-state index contributed by atoms with van der Waals surface area (Å²) in [6.07, 6.45) is -3.61. The Hall–Kier alpha value is -1.63. The van der Waals surface area contributed by atoms with Crippen molar-refractivity contribution in [2.45, 2.75) is 19.1 Å². The summed E-state index contributed by atoms with van der Waals surface area (Å²) < 4.78 is 12.8. The molecule has 0 aliphatic heterocycles. The van der Waals surface area contributed by atoms with Crippen molar-refractivity contribution in [3.63, 3.8) is 0 Å². The standard InChI is InChI=1S/C8H12O7/c1-4(9)15-6(8(12)14-3)5(10)7(11)13-2/h5-6,10H,1-3H3. The smallest absolute Gasteiger partial charge is 0.350 e.